The van der Waals surface area contributed by atoms with E-state index in [-0.39, 0.29) is 11.5 Å². The first kappa shape index (κ1) is 14.7. The number of nitrogens with one attached hydrogen (secondary N) is 1. The van der Waals surface area contributed by atoms with Crippen LogP contribution in [0.3, 0.4) is 0 Å². The van der Waals surface area contributed by atoms with Gasteiger partial charge >= 0.3 is 5.97 Å². The fourth-order valence-corrected chi connectivity index (χ4v) is 2.88. The average Bonchev–Trinajstić information content (AvgIpc) is 2.38. The molecule has 0 aromatic heterocycles. The van der Waals surface area contributed by atoms with Crippen LogP contribution in [0.25, 0.3) is 0 Å². The molecule has 4 nitrogen and oxygen atoms in total. The lowest BCUT2D eigenvalue weighted by Gasteiger charge is -2.06. The van der Waals surface area contributed by atoms with Gasteiger partial charge < -0.3 is 10.4 Å². The van der Waals surface area contributed by atoms with Crippen molar-refractivity contribution in [3.8, 4) is 0 Å². The third kappa shape index (κ3) is 3.68. The fraction of sp³-hybridized carbons (Fsp3) is 0. The standard InChI is InChI=1S/C14H9Br2NO3/c15-10-5-9(6-11(16)7-10)13(18)17-12-3-1-8(2-4-12)14(19)20/h1-7H,(H,17,18)(H,19,20). The van der Waals surface area contributed by atoms with E-state index in [0.29, 0.717) is 11.3 Å². The molecule has 0 aliphatic carbocycles. The third-order valence-corrected chi connectivity index (χ3v) is 3.43. The van der Waals surface area contributed by atoms with Gasteiger partial charge in [0.05, 0.1) is 5.56 Å². The van der Waals surface area contributed by atoms with Crippen LogP contribution in [-0.4, -0.2) is 17.0 Å². The predicted octanol–water partition coefficient (Wildman–Crippen LogP) is 4.16. The van der Waals surface area contributed by atoms with Gasteiger partial charge in [0.25, 0.3) is 5.91 Å². The third-order valence-electron chi connectivity index (χ3n) is 2.51. The number of hydrogen-bond donors (Lipinski definition) is 2. The van der Waals surface area contributed by atoms with Crippen molar-refractivity contribution in [2.75, 3.05) is 5.32 Å². The van der Waals surface area contributed by atoms with Crippen molar-refractivity contribution in [2.24, 2.45) is 0 Å². The van der Waals surface area contributed by atoms with Crippen LogP contribution in [-0.2, 0) is 0 Å². The summed E-state index contributed by atoms with van der Waals surface area (Å²) >= 11 is 6.63. The lowest BCUT2D eigenvalue weighted by molar-refractivity contribution is 0.0696. The molecule has 2 rings (SSSR count). The maximum Gasteiger partial charge on any atom is 0.335 e. The Balaban J connectivity index is 2.16. The number of rotatable bonds is 3. The van der Waals surface area contributed by atoms with Gasteiger partial charge in [0, 0.05) is 20.2 Å². The summed E-state index contributed by atoms with van der Waals surface area (Å²) in [4.78, 5) is 22.8. The monoisotopic (exact) mass is 397 g/mol. The molecule has 0 aliphatic heterocycles. The first-order valence-electron chi connectivity index (χ1n) is 5.56. The Morgan fingerprint density at radius 2 is 1.45 bits per heavy atom. The summed E-state index contributed by atoms with van der Waals surface area (Å²) in [6.45, 7) is 0. The zero-order valence-corrected chi connectivity index (χ0v) is 13.2. The van der Waals surface area contributed by atoms with E-state index in [1.54, 1.807) is 24.3 Å². The van der Waals surface area contributed by atoms with Gasteiger partial charge in [-0.05, 0) is 42.5 Å². The van der Waals surface area contributed by atoms with Gasteiger partial charge in [-0.25, -0.2) is 4.79 Å². The molecule has 2 aromatic rings. The van der Waals surface area contributed by atoms with Gasteiger partial charge in [-0.1, -0.05) is 31.9 Å². The van der Waals surface area contributed by atoms with E-state index in [0.717, 1.165) is 8.95 Å². The van der Waals surface area contributed by atoms with Crippen LogP contribution in [0.1, 0.15) is 20.7 Å². The van der Waals surface area contributed by atoms with Crippen molar-refractivity contribution < 1.29 is 14.7 Å². The van der Waals surface area contributed by atoms with E-state index >= 15 is 0 Å². The quantitative estimate of drug-likeness (QED) is 0.815. The van der Waals surface area contributed by atoms with Crippen molar-refractivity contribution in [1.82, 2.24) is 0 Å². The van der Waals surface area contributed by atoms with E-state index in [4.69, 9.17) is 5.11 Å². The number of carbonyl (C=O) groups excluding carboxylic acids is 1. The second-order valence-corrected chi connectivity index (χ2v) is 5.83. The van der Waals surface area contributed by atoms with E-state index < -0.39 is 5.97 Å². The molecule has 0 fully saturated rings. The molecule has 6 heteroatoms. The number of carboxylic acids is 1. The number of halogens is 2. The molecule has 0 saturated heterocycles. The highest BCUT2D eigenvalue weighted by Crippen LogP contribution is 2.21. The van der Waals surface area contributed by atoms with Crippen LogP contribution < -0.4 is 5.32 Å². The molecule has 20 heavy (non-hydrogen) atoms. The molecule has 0 saturated carbocycles. The van der Waals surface area contributed by atoms with Crippen LogP contribution in [0.2, 0.25) is 0 Å². The summed E-state index contributed by atoms with van der Waals surface area (Å²) in [5.74, 6) is -1.27. The molecule has 102 valence electrons. The second kappa shape index (κ2) is 6.19. The number of carboxylic acid groups (broad SMARTS) is 1. The number of amides is 1. The minimum atomic E-state index is -1.00. The Kier molecular flexibility index (Phi) is 4.57. The van der Waals surface area contributed by atoms with Gasteiger partial charge in [0.1, 0.15) is 0 Å². The number of benzene rings is 2. The zero-order valence-electron chi connectivity index (χ0n) is 10.1. The van der Waals surface area contributed by atoms with E-state index in [2.05, 4.69) is 37.2 Å². The SMILES string of the molecule is O=C(O)c1ccc(NC(=O)c2cc(Br)cc(Br)c2)cc1. The summed E-state index contributed by atoms with van der Waals surface area (Å²) in [5, 5.41) is 11.5. The Morgan fingerprint density at radius 3 is 1.95 bits per heavy atom. The van der Waals surface area contributed by atoms with Gasteiger partial charge in [-0.15, -0.1) is 0 Å². The lowest BCUT2D eigenvalue weighted by atomic mass is 10.2. The summed E-state index contributed by atoms with van der Waals surface area (Å²) in [6.07, 6.45) is 0. The normalized spacial score (nSPS) is 10.1. The maximum absolute atomic E-state index is 12.1. The highest BCUT2D eigenvalue weighted by Gasteiger charge is 2.09. The number of aromatic carboxylic acids is 1. The molecular formula is C14H9Br2NO3. The van der Waals surface area contributed by atoms with Gasteiger partial charge in [-0.2, -0.15) is 0 Å². The van der Waals surface area contributed by atoms with Crippen LogP contribution in [0.4, 0.5) is 5.69 Å². The molecule has 0 heterocycles. The van der Waals surface area contributed by atoms with Crippen molar-refractivity contribution in [2.45, 2.75) is 0 Å². The van der Waals surface area contributed by atoms with Gasteiger partial charge in [-0.3, -0.25) is 4.79 Å². The van der Waals surface area contributed by atoms with Gasteiger partial charge in [0.2, 0.25) is 0 Å². The Labute approximate surface area is 132 Å². The van der Waals surface area contributed by atoms with E-state index in [1.807, 2.05) is 6.07 Å². The van der Waals surface area contributed by atoms with Crippen LogP contribution in [0.15, 0.2) is 51.4 Å². The molecule has 2 N–H and O–H groups in total. The smallest absolute Gasteiger partial charge is 0.335 e. The summed E-state index contributed by atoms with van der Waals surface area (Å²) in [7, 11) is 0. The molecule has 2 aromatic carbocycles. The topological polar surface area (TPSA) is 66.4 Å². The molecule has 0 unspecified atom stereocenters. The predicted molar refractivity (Wildman–Crippen MR) is 83.2 cm³/mol. The highest BCUT2D eigenvalue weighted by atomic mass is 79.9. The summed E-state index contributed by atoms with van der Waals surface area (Å²) < 4.78 is 1.58. The van der Waals surface area contributed by atoms with Crippen LogP contribution >= 0.6 is 31.9 Å². The highest BCUT2D eigenvalue weighted by molar-refractivity contribution is 9.11. The van der Waals surface area contributed by atoms with Crippen LogP contribution in [0.5, 0.6) is 0 Å². The largest absolute Gasteiger partial charge is 0.478 e. The molecule has 0 bridgehead atoms. The maximum atomic E-state index is 12.1. The minimum absolute atomic E-state index is 0.174. The molecule has 1 amide bonds. The summed E-state index contributed by atoms with van der Waals surface area (Å²) in [6, 6.07) is 11.2. The molecule has 0 aliphatic rings. The van der Waals surface area contributed by atoms with Crippen molar-refractivity contribution in [3.63, 3.8) is 0 Å². The second-order valence-electron chi connectivity index (χ2n) is 3.99. The first-order chi connectivity index (χ1) is 9.45. The van der Waals surface area contributed by atoms with E-state index in [9.17, 15) is 9.59 Å². The van der Waals surface area contributed by atoms with Gasteiger partial charge in [0.15, 0.2) is 0 Å². The van der Waals surface area contributed by atoms with Crippen molar-refractivity contribution in [1.29, 1.82) is 0 Å². The zero-order chi connectivity index (χ0) is 14.7. The lowest BCUT2D eigenvalue weighted by Crippen LogP contribution is -2.12. The molecule has 0 atom stereocenters. The number of anilines is 1. The molecule has 0 spiro atoms. The Hall–Kier alpha value is -1.66. The average molecular weight is 399 g/mol. The molecule has 0 radical (unpaired) electrons. The van der Waals surface area contributed by atoms with Crippen LogP contribution in [0, 0.1) is 0 Å². The van der Waals surface area contributed by atoms with Crippen molar-refractivity contribution in [3.05, 3.63) is 62.5 Å². The van der Waals surface area contributed by atoms with E-state index in [1.165, 1.54) is 12.1 Å². The molecular weight excluding hydrogens is 390 g/mol. The minimum Gasteiger partial charge on any atom is -0.478 e. The fourth-order valence-electron chi connectivity index (χ4n) is 1.58. The number of carbonyl (C=O) groups is 2. The van der Waals surface area contributed by atoms with Crippen molar-refractivity contribution >= 4 is 49.4 Å². The Morgan fingerprint density at radius 1 is 0.900 bits per heavy atom. The first-order valence-corrected chi connectivity index (χ1v) is 7.15. The summed E-state index contributed by atoms with van der Waals surface area (Å²) in [5.41, 5.74) is 1.21. The number of hydrogen-bond acceptors (Lipinski definition) is 2. The Bertz CT molecular complexity index is 648.